The molecule has 0 unspecified atom stereocenters. The number of nitrogens with zero attached hydrogens (tertiary/aromatic N) is 5. The van der Waals surface area contributed by atoms with Crippen LogP contribution in [0.1, 0.15) is 35.5 Å². The third kappa shape index (κ3) is 4.31. The first-order chi connectivity index (χ1) is 16.5. The van der Waals surface area contributed by atoms with Crippen LogP contribution in [0, 0.1) is 18.3 Å². The molecule has 5 N–H and O–H groups in total. The van der Waals surface area contributed by atoms with Gasteiger partial charge in [-0.25, -0.2) is 4.98 Å². The van der Waals surface area contributed by atoms with Crippen molar-refractivity contribution in [1.82, 2.24) is 19.5 Å². The van der Waals surface area contributed by atoms with E-state index in [0.29, 0.717) is 11.1 Å². The number of rotatable bonds is 4. The van der Waals surface area contributed by atoms with E-state index in [2.05, 4.69) is 20.3 Å². The number of benzene rings is 2. The Morgan fingerprint density at radius 2 is 1.83 bits per heavy atom. The smallest absolute Gasteiger partial charge is 0.382 e. The maximum Gasteiger partial charge on any atom is 0.416 e. The van der Waals surface area contributed by atoms with Crippen LogP contribution < -0.4 is 22.3 Å². The van der Waals surface area contributed by atoms with Crippen molar-refractivity contribution in [3.05, 3.63) is 75.3 Å². The van der Waals surface area contributed by atoms with Crippen molar-refractivity contribution in [2.24, 2.45) is 0 Å². The van der Waals surface area contributed by atoms with E-state index in [0.717, 1.165) is 16.7 Å². The molecule has 0 fully saturated rings. The molecule has 4 rings (SSSR count). The lowest BCUT2D eigenvalue weighted by Crippen LogP contribution is -2.28. The Morgan fingerprint density at radius 1 is 1.11 bits per heavy atom. The number of aromatic nitrogens is 4. The standard InChI is InChI=1S/C23H19F3N8O/c1-11-5-3-8-15-17(11)31-20(12(2)30-19-16(10-27)18(28)32-22(29)33-19)34(21(15)35)14-7-4-6-13(9-14)23(24,25)26/h3-9,12H,1-2H3,(H5,28,29,30,32,33)/t12-/m0/s1. The number of anilines is 3. The molecule has 178 valence electrons. The van der Waals surface area contributed by atoms with Crippen LogP contribution in [-0.4, -0.2) is 19.5 Å². The second-order valence-corrected chi connectivity index (χ2v) is 7.80. The van der Waals surface area contributed by atoms with Gasteiger partial charge in [-0.05, 0) is 43.7 Å². The first-order valence-electron chi connectivity index (χ1n) is 10.3. The predicted octanol–water partition coefficient (Wildman–Crippen LogP) is 3.71. The van der Waals surface area contributed by atoms with Crippen molar-refractivity contribution in [3.8, 4) is 11.8 Å². The van der Waals surface area contributed by atoms with Crippen LogP contribution in [0.25, 0.3) is 16.6 Å². The maximum absolute atomic E-state index is 13.5. The van der Waals surface area contributed by atoms with Gasteiger partial charge in [-0.2, -0.15) is 28.4 Å². The number of halogens is 3. The number of aryl methyl sites for hydroxylation is 1. The van der Waals surface area contributed by atoms with E-state index in [-0.39, 0.29) is 40.0 Å². The lowest BCUT2D eigenvalue weighted by molar-refractivity contribution is -0.137. The van der Waals surface area contributed by atoms with Crippen LogP contribution in [0.3, 0.4) is 0 Å². The minimum atomic E-state index is -4.61. The fourth-order valence-corrected chi connectivity index (χ4v) is 3.71. The first kappa shape index (κ1) is 23.5. The van der Waals surface area contributed by atoms with E-state index in [1.165, 1.54) is 12.1 Å². The Labute approximate surface area is 196 Å². The molecular weight excluding hydrogens is 461 g/mol. The SMILES string of the molecule is Cc1cccc2c(=O)n(-c3cccc(C(F)(F)F)c3)c([C@H](C)Nc3nc(N)nc(N)c3C#N)nc12. The highest BCUT2D eigenvalue weighted by Crippen LogP contribution is 2.31. The summed E-state index contributed by atoms with van der Waals surface area (Å²) in [5.41, 5.74) is 11.0. The highest BCUT2D eigenvalue weighted by Gasteiger charge is 2.31. The zero-order chi connectivity index (χ0) is 25.5. The summed E-state index contributed by atoms with van der Waals surface area (Å²) in [6.07, 6.45) is -4.61. The largest absolute Gasteiger partial charge is 0.416 e. The molecule has 35 heavy (non-hydrogen) atoms. The normalized spacial score (nSPS) is 12.3. The van der Waals surface area contributed by atoms with Crippen molar-refractivity contribution >= 4 is 28.5 Å². The third-order valence-electron chi connectivity index (χ3n) is 5.37. The Kier molecular flexibility index (Phi) is 5.77. The second kappa shape index (κ2) is 8.60. The Bertz CT molecular complexity index is 1560. The summed E-state index contributed by atoms with van der Waals surface area (Å²) in [7, 11) is 0. The minimum Gasteiger partial charge on any atom is -0.382 e. The Morgan fingerprint density at radius 3 is 2.51 bits per heavy atom. The third-order valence-corrected chi connectivity index (χ3v) is 5.37. The number of alkyl halides is 3. The molecule has 2 heterocycles. The number of para-hydroxylation sites is 1. The molecule has 0 saturated carbocycles. The molecular formula is C23H19F3N8O. The van der Waals surface area contributed by atoms with Crippen molar-refractivity contribution in [2.45, 2.75) is 26.1 Å². The fraction of sp³-hybridized carbons (Fsp3) is 0.174. The quantitative estimate of drug-likeness (QED) is 0.400. The number of hydrogen-bond acceptors (Lipinski definition) is 8. The molecule has 0 saturated heterocycles. The molecule has 0 amide bonds. The molecule has 2 aromatic carbocycles. The van der Waals surface area contributed by atoms with Gasteiger partial charge < -0.3 is 16.8 Å². The monoisotopic (exact) mass is 480 g/mol. The number of nitriles is 1. The molecule has 0 radical (unpaired) electrons. The van der Waals surface area contributed by atoms with Gasteiger partial charge in [0.05, 0.1) is 28.2 Å². The zero-order valence-electron chi connectivity index (χ0n) is 18.6. The Balaban J connectivity index is 1.97. The van der Waals surface area contributed by atoms with Crippen LogP contribution >= 0.6 is 0 Å². The number of fused-ring (bicyclic) bond motifs is 1. The highest BCUT2D eigenvalue weighted by molar-refractivity contribution is 5.81. The van der Waals surface area contributed by atoms with Gasteiger partial charge >= 0.3 is 6.18 Å². The lowest BCUT2D eigenvalue weighted by Gasteiger charge is -2.21. The number of hydrogen-bond donors (Lipinski definition) is 3. The molecule has 0 spiro atoms. The molecule has 1 atom stereocenters. The van der Waals surface area contributed by atoms with Gasteiger partial charge in [0, 0.05) is 0 Å². The van der Waals surface area contributed by atoms with Gasteiger partial charge in [0.25, 0.3) is 5.56 Å². The van der Waals surface area contributed by atoms with Crippen LogP contribution in [0.5, 0.6) is 0 Å². The summed E-state index contributed by atoms with van der Waals surface area (Å²) >= 11 is 0. The van der Waals surface area contributed by atoms with Gasteiger partial charge in [-0.1, -0.05) is 18.2 Å². The molecule has 0 aliphatic rings. The van der Waals surface area contributed by atoms with E-state index in [1.54, 1.807) is 32.0 Å². The number of nitrogen functional groups attached to an aromatic ring is 2. The highest BCUT2D eigenvalue weighted by atomic mass is 19.4. The summed E-state index contributed by atoms with van der Waals surface area (Å²) in [4.78, 5) is 25.9. The summed E-state index contributed by atoms with van der Waals surface area (Å²) in [5, 5.41) is 12.7. The van der Waals surface area contributed by atoms with Gasteiger partial charge in [-0.15, -0.1) is 0 Å². The lowest BCUT2D eigenvalue weighted by atomic mass is 10.1. The van der Waals surface area contributed by atoms with E-state index >= 15 is 0 Å². The van der Waals surface area contributed by atoms with Crippen molar-refractivity contribution in [2.75, 3.05) is 16.8 Å². The van der Waals surface area contributed by atoms with E-state index < -0.39 is 23.3 Å². The molecule has 9 nitrogen and oxygen atoms in total. The molecule has 4 aromatic rings. The zero-order valence-corrected chi connectivity index (χ0v) is 18.6. The van der Waals surface area contributed by atoms with Gasteiger partial charge in [0.1, 0.15) is 23.3 Å². The molecule has 0 bridgehead atoms. The van der Waals surface area contributed by atoms with E-state index in [1.807, 2.05) is 6.07 Å². The van der Waals surface area contributed by atoms with Gasteiger partial charge in [-0.3, -0.25) is 9.36 Å². The second-order valence-electron chi connectivity index (χ2n) is 7.80. The molecule has 0 aliphatic carbocycles. The van der Waals surface area contributed by atoms with Crippen molar-refractivity contribution < 1.29 is 13.2 Å². The fourth-order valence-electron chi connectivity index (χ4n) is 3.71. The van der Waals surface area contributed by atoms with E-state index in [9.17, 15) is 23.2 Å². The van der Waals surface area contributed by atoms with Crippen LogP contribution in [-0.2, 0) is 6.18 Å². The Hall–Kier alpha value is -4.66. The molecule has 2 aromatic heterocycles. The van der Waals surface area contributed by atoms with Gasteiger partial charge in [0.15, 0.2) is 5.82 Å². The van der Waals surface area contributed by atoms with Crippen LogP contribution in [0.15, 0.2) is 47.3 Å². The average molecular weight is 480 g/mol. The summed E-state index contributed by atoms with van der Waals surface area (Å²) < 4.78 is 41.3. The topological polar surface area (TPSA) is 149 Å². The van der Waals surface area contributed by atoms with Crippen LogP contribution in [0.4, 0.5) is 30.8 Å². The van der Waals surface area contributed by atoms with Gasteiger partial charge in [0.2, 0.25) is 5.95 Å². The van der Waals surface area contributed by atoms with Crippen molar-refractivity contribution in [3.63, 3.8) is 0 Å². The number of nitrogens with two attached hydrogens (primary N) is 2. The van der Waals surface area contributed by atoms with E-state index in [4.69, 9.17) is 11.5 Å². The summed E-state index contributed by atoms with van der Waals surface area (Å²) in [5.74, 6) is -0.239. The van der Waals surface area contributed by atoms with Crippen LogP contribution in [0.2, 0.25) is 0 Å². The predicted molar refractivity (Wildman–Crippen MR) is 125 cm³/mol. The first-order valence-corrected chi connectivity index (χ1v) is 10.3. The summed E-state index contributed by atoms with van der Waals surface area (Å²) in [6, 6.07) is 10.5. The molecule has 0 aliphatic heterocycles. The van der Waals surface area contributed by atoms with Crippen molar-refractivity contribution in [1.29, 1.82) is 5.26 Å². The molecule has 12 heteroatoms. The minimum absolute atomic E-state index is 0.000258. The maximum atomic E-state index is 13.5. The number of nitrogens with one attached hydrogen (secondary N) is 1. The summed E-state index contributed by atoms with van der Waals surface area (Å²) in [6.45, 7) is 3.39. The average Bonchev–Trinajstić information content (AvgIpc) is 2.79.